The van der Waals surface area contributed by atoms with Gasteiger partial charge in [-0.15, -0.1) is 5.10 Å². The predicted octanol–water partition coefficient (Wildman–Crippen LogP) is 1.81. The zero-order valence-electron chi connectivity index (χ0n) is 21.9. The number of tetrazole rings is 1. The molecular weight excluding hydrogens is 548 g/mol. The van der Waals surface area contributed by atoms with E-state index >= 15 is 0 Å². The van der Waals surface area contributed by atoms with E-state index in [0.717, 1.165) is 10.9 Å². The minimum Gasteiger partial charge on any atom is -0.372 e. The van der Waals surface area contributed by atoms with Crippen molar-refractivity contribution in [3.63, 3.8) is 0 Å². The summed E-state index contributed by atoms with van der Waals surface area (Å²) in [5.41, 5.74) is 3.01. The van der Waals surface area contributed by atoms with Gasteiger partial charge in [0.1, 0.15) is 18.6 Å². The van der Waals surface area contributed by atoms with Gasteiger partial charge in [-0.3, -0.25) is 19.3 Å². The maximum Gasteiger partial charge on any atom is 0.247 e. The molecule has 1 fully saturated rings. The highest BCUT2D eigenvalue weighted by Crippen LogP contribution is 2.31. The van der Waals surface area contributed by atoms with E-state index in [1.54, 1.807) is 47.3 Å². The van der Waals surface area contributed by atoms with Crippen molar-refractivity contribution >= 4 is 45.7 Å². The molecular formula is C27H25ClN10O3. The van der Waals surface area contributed by atoms with E-state index in [1.165, 1.54) is 20.8 Å². The van der Waals surface area contributed by atoms with Crippen LogP contribution in [0.4, 0.5) is 11.4 Å². The summed E-state index contributed by atoms with van der Waals surface area (Å²) < 4.78 is 3.12. The fourth-order valence-corrected chi connectivity index (χ4v) is 5.14. The SMILES string of the molecule is Cn1cc2cc(NC(=O)C(Cc3ccccn3)N3CC(O)N(c4cc(Cl)ccc4-n4cnnn4)CC3=O)ccc2n1. The molecule has 14 heteroatoms. The van der Waals surface area contributed by atoms with Crippen molar-refractivity contribution < 1.29 is 14.7 Å². The van der Waals surface area contributed by atoms with Crippen molar-refractivity contribution in [2.24, 2.45) is 7.05 Å². The molecule has 2 aromatic carbocycles. The third-order valence-electron chi connectivity index (χ3n) is 6.88. The van der Waals surface area contributed by atoms with Crippen LogP contribution in [0.3, 0.4) is 0 Å². The normalized spacial score (nSPS) is 16.3. The third kappa shape index (κ3) is 5.44. The average Bonchev–Trinajstić information content (AvgIpc) is 3.62. The number of β-amino-alcohol motifs (C(OH)–C–C–N with tert-alkyl or cyclic N) is 1. The molecule has 13 nitrogen and oxygen atoms in total. The van der Waals surface area contributed by atoms with E-state index in [-0.39, 0.29) is 25.4 Å². The first-order valence-electron chi connectivity index (χ1n) is 12.8. The van der Waals surface area contributed by atoms with Crippen molar-refractivity contribution in [2.45, 2.75) is 18.7 Å². The van der Waals surface area contributed by atoms with E-state index in [9.17, 15) is 14.7 Å². The lowest BCUT2D eigenvalue weighted by Gasteiger charge is -2.42. The second-order valence-corrected chi connectivity index (χ2v) is 10.1. The molecule has 2 atom stereocenters. The number of aromatic nitrogens is 7. The maximum absolute atomic E-state index is 13.7. The number of amides is 2. The number of aryl methyl sites for hydroxylation is 1. The van der Waals surface area contributed by atoms with Gasteiger partial charge in [0.25, 0.3) is 0 Å². The average molecular weight is 573 g/mol. The number of piperazine rings is 1. The first kappa shape index (κ1) is 26.3. The van der Waals surface area contributed by atoms with Crippen LogP contribution in [0.2, 0.25) is 5.02 Å². The molecule has 0 radical (unpaired) electrons. The molecule has 208 valence electrons. The minimum absolute atomic E-state index is 0.132. The summed E-state index contributed by atoms with van der Waals surface area (Å²) in [6.07, 6.45) is 3.91. The van der Waals surface area contributed by atoms with Gasteiger partial charge in [0.15, 0.2) is 0 Å². The Labute approximate surface area is 238 Å². The molecule has 2 amide bonds. The standard InChI is InChI=1S/C27H25ClN10O3/c1-35-13-17-10-20(6-7-21(17)32-35)31-27(41)24(12-19-4-2-3-9-29-19)37-15-25(39)36(14-26(37)40)23-11-18(28)5-8-22(23)38-16-30-33-34-38/h2-11,13,16,24-25,39H,12,14-15H2,1H3,(H,31,41). The van der Waals surface area contributed by atoms with Gasteiger partial charge < -0.3 is 20.2 Å². The number of hydrogen-bond donors (Lipinski definition) is 2. The number of nitrogens with one attached hydrogen (secondary N) is 1. The molecule has 0 spiro atoms. The molecule has 3 aromatic heterocycles. The number of anilines is 2. The topological polar surface area (TPSA) is 147 Å². The van der Waals surface area contributed by atoms with Gasteiger partial charge in [-0.2, -0.15) is 9.78 Å². The Morgan fingerprint density at radius 3 is 2.83 bits per heavy atom. The maximum atomic E-state index is 13.7. The molecule has 6 rings (SSSR count). The first-order valence-corrected chi connectivity index (χ1v) is 13.1. The largest absolute Gasteiger partial charge is 0.372 e. The number of nitrogens with zero attached hydrogens (tertiary/aromatic N) is 9. The number of pyridine rings is 1. The van der Waals surface area contributed by atoms with Gasteiger partial charge >= 0.3 is 0 Å². The molecule has 5 aromatic rings. The van der Waals surface area contributed by atoms with Crippen LogP contribution in [-0.4, -0.2) is 82.2 Å². The van der Waals surface area contributed by atoms with E-state index in [1.807, 2.05) is 31.4 Å². The van der Waals surface area contributed by atoms with Crippen LogP contribution >= 0.6 is 11.6 Å². The molecule has 1 aliphatic rings. The number of carbonyl (C=O) groups excluding carboxylic acids is 2. The monoisotopic (exact) mass is 572 g/mol. The van der Waals surface area contributed by atoms with E-state index in [4.69, 9.17) is 11.6 Å². The number of benzene rings is 2. The molecule has 0 aliphatic carbocycles. The highest BCUT2D eigenvalue weighted by Gasteiger charge is 2.39. The molecule has 2 unspecified atom stereocenters. The first-order chi connectivity index (χ1) is 19.9. The van der Waals surface area contributed by atoms with E-state index < -0.39 is 18.2 Å². The summed E-state index contributed by atoms with van der Waals surface area (Å²) in [7, 11) is 1.83. The molecule has 0 saturated carbocycles. The lowest BCUT2D eigenvalue weighted by Crippen LogP contribution is -2.61. The van der Waals surface area contributed by atoms with Gasteiger partial charge in [0, 0.05) is 47.7 Å². The van der Waals surface area contributed by atoms with Crippen LogP contribution in [0.5, 0.6) is 0 Å². The summed E-state index contributed by atoms with van der Waals surface area (Å²) in [5, 5.41) is 31.2. The Kier molecular flexibility index (Phi) is 7.03. The van der Waals surface area contributed by atoms with E-state index in [2.05, 4.69) is 30.9 Å². The van der Waals surface area contributed by atoms with Crippen LogP contribution in [0, 0.1) is 0 Å². The van der Waals surface area contributed by atoms with Gasteiger partial charge in [-0.05, 0) is 59.0 Å². The smallest absolute Gasteiger partial charge is 0.247 e. The van der Waals surface area contributed by atoms with Crippen LogP contribution in [0.1, 0.15) is 5.69 Å². The van der Waals surface area contributed by atoms with Crippen molar-refractivity contribution in [3.05, 3.63) is 84.0 Å². The summed E-state index contributed by atoms with van der Waals surface area (Å²) in [4.78, 5) is 34.7. The second kappa shape index (κ2) is 10.9. The van der Waals surface area contributed by atoms with Gasteiger partial charge in [-0.25, -0.2) is 0 Å². The number of carbonyl (C=O) groups is 2. The fourth-order valence-electron chi connectivity index (χ4n) is 4.97. The highest BCUT2D eigenvalue weighted by atomic mass is 35.5. The fraction of sp³-hybridized carbons (Fsp3) is 0.222. The Hall–Kier alpha value is -4.88. The lowest BCUT2D eigenvalue weighted by atomic mass is 10.0. The molecule has 0 bridgehead atoms. The van der Waals surface area contributed by atoms with Crippen molar-refractivity contribution in [1.82, 2.24) is 39.9 Å². The Morgan fingerprint density at radius 1 is 1.17 bits per heavy atom. The molecule has 41 heavy (non-hydrogen) atoms. The molecule has 1 saturated heterocycles. The second-order valence-electron chi connectivity index (χ2n) is 9.65. The van der Waals surface area contributed by atoms with Crippen molar-refractivity contribution in [1.29, 1.82) is 0 Å². The summed E-state index contributed by atoms with van der Waals surface area (Å²) in [6, 6.07) is 14.9. The van der Waals surface area contributed by atoms with Crippen LogP contribution in [0.15, 0.2) is 73.3 Å². The van der Waals surface area contributed by atoms with Gasteiger partial charge in [-0.1, -0.05) is 17.7 Å². The van der Waals surface area contributed by atoms with Crippen LogP contribution in [0.25, 0.3) is 16.6 Å². The van der Waals surface area contributed by atoms with Crippen LogP contribution in [-0.2, 0) is 23.1 Å². The lowest BCUT2D eigenvalue weighted by molar-refractivity contribution is -0.142. The summed E-state index contributed by atoms with van der Waals surface area (Å²) in [6.45, 7) is -0.336. The zero-order chi connectivity index (χ0) is 28.5. The number of aliphatic hydroxyl groups is 1. The van der Waals surface area contributed by atoms with Gasteiger partial charge in [0.05, 0.1) is 30.0 Å². The number of rotatable bonds is 7. The third-order valence-corrected chi connectivity index (χ3v) is 7.12. The number of halogens is 1. The highest BCUT2D eigenvalue weighted by molar-refractivity contribution is 6.31. The van der Waals surface area contributed by atoms with Crippen molar-refractivity contribution in [2.75, 3.05) is 23.3 Å². The number of fused-ring (bicyclic) bond motifs is 1. The minimum atomic E-state index is -1.15. The summed E-state index contributed by atoms with van der Waals surface area (Å²) >= 11 is 6.28. The summed E-state index contributed by atoms with van der Waals surface area (Å²) in [5.74, 6) is -0.748. The molecule has 2 N–H and O–H groups in total. The van der Waals surface area contributed by atoms with Gasteiger partial charge in [0.2, 0.25) is 11.8 Å². The van der Waals surface area contributed by atoms with Crippen molar-refractivity contribution in [3.8, 4) is 5.69 Å². The molecule has 1 aliphatic heterocycles. The van der Waals surface area contributed by atoms with E-state index in [0.29, 0.717) is 27.8 Å². The predicted molar refractivity (Wildman–Crippen MR) is 150 cm³/mol. The Balaban J connectivity index is 1.28. The zero-order valence-corrected chi connectivity index (χ0v) is 22.6. The molecule has 4 heterocycles. The number of hydrogen-bond acceptors (Lipinski definition) is 9. The van der Waals surface area contributed by atoms with Crippen LogP contribution < -0.4 is 10.2 Å². The Bertz CT molecular complexity index is 1710. The quantitative estimate of drug-likeness (QED) is 0.298. The Morgan fingerprint density at radius 2 is 2.05 bits per heavy atom. The number of aliphatic hydroxyl groups excluding tert-OH is 1.